The van der Waals surface area contributed by atoms with Crippen molar-refractivity contribution >= 4 is 11.6 Å². The third-order valence-electron chi connectivity index (χ3n) is 2.54. The van der Waals surface area contributed by atoms with E-state index in [-0.39, 0.29) is 17.5 Å². The minimum absolute atomic E-state index is 0.0808. The molecule has 1 heterocycles. The summed E-state index contributed by atoms with van der Waals surface area (Å²) in [4.78, 5) is 4.33. The SMILES string of the molecule is CC(C)c1nc(CN)n(-c2ccc(Cl)c(F)c2)n1. The van der Waals surface area contributed by atoms with Gasteiger partial charge in [-0.15, -0.1) is 0 Å². The van der Waals surface area contributed by atoms with Crippen molar-refractivity contribution in [3.05, 3.63) is 40.7 Å². The number of hydrogen-bond acceptors (Lipinski definition) is 3. The van der Waals surface area contributed by atoms with E-state index in [1.54, 1.807) is 10.7 Å². The summed E-state index contributed by atoms with van der Waals surface area (Å²) in [6.07, 6.45) is 0. The first kappa shape index (κ1) is 13.0. The monoisotopic (exact) mass is 268 g/mol. The molecular weight excluding hydrogens is 255 g/mol. The van der Waals surface area contributed by atoms with Crippen LogP contribution in [0.15, 0.2) is 18.2 Å². The van der Waals surface area contributed by atoms with Crippen LogP contribution in [0.2, 0.25) is 5.02 Å². The first-order valence-electron chi connectivity index (χ1n) is 5.64. The zero-order valence-corrected chi connectivity index (χ0v) is 10.9. The van der Waals surface area contributed by atoms with Crippen molar-refractivity contribution in [3.8, 4) is 5.69 Å². The highest BCUT2D eigenvalue weighted by Gasteiger charge is 2.13. The maximum atomic E-state index is 13.4. The number of nitrogens with zero attached hydrogens (tertiary/aromatic N) is 3. The summed E-state index contributed by atoms with van der Waals surface area (Å²) in [5.41, 5.74) is 6.19. The Kier molecular flexibility index (Phi) is 3.63. The van der Waals surface area contributed by atoms with Crippen LogP contribution >= 0.6 is 11.6 Å². The lowest BCUT2D eigenvalue weighted by Gasteiger charge is -2.04. The Morgan fingerprint density at radius 1 is 1.44 bits per heavy atom. The van der Waals surface area contributed by atoms with Gasteiger partial charge in [0, 0.05) is 12.0 Å². The Balaban J connectivity index is 2.51. The summed E-state index contributed by atoms with van der Waals surface area (Å²) in [5, 5.41) is 4.42. The van der Waals surface area contributed by atoms with Gasteiger partial charge in [0.05, 0.1) is 17.3 Å². The summed E-state index contributed by atoms with van der Waals surface area (Å²) in [5.74, 6) is 0.985. The summed E-state index contributed by atoms with van der Waals surface area (Å²) in [7, 11) is 0. The normalized spacial score (nSPS) is 11.2. The molecule has 1 aromatic heterocycles. The highest BCUT2D eigenvalue weighted by Crippen LogP contribution is 2.20. The number of nitrogens with two attached hydrogens (primary N) is 1. The van der Waals surface area contributed by atoms with Gasteiger partial charge in [-0.3, -0.25) is 0 Å². The van der Waals surface area contributed by atoms with Gasteiger partial charge < -0.3 is 5.73 Å². The topological polar surface area (TPSA) is 56.7 Å². The lowest BCUT2D eigenvalue weighted by molar-refractivity contribution is 0.624. The van der Waals surface area contributed by atoms with Crippen molar-refractivity contribution in [1.29, 1.82) is 0 Å². The van der Waals surface area contributed by atoms with E-state index in [0.717, 1.165) is 0 Å². The molecule has 2 N–H and O–H groups in total. The fourth-order valence-corrected chi connectivity index (χ4v) is 1.68. The molecule has 1 aromatic carbocycles. The molecule has 0 atom stereocenters. The van der Waals surface area contributed by atoms with Crippen molar-refractivity contribution in [2.75, 3.05) is 0 Å². The van der Waals surface area contributed by atoms with E-state index in [9.17, 15) is 4.39 Å². The van der Waals surface area contributed by atoms with E-state index < -0.39 is 5.82 Å². The number of aromatic nitrogens is 3. The van der Waals surface area contributed by atoms with Crippen LogP contribution in [0.3, 0.4) is 0 Å². The highest BCUT2D eigenvalue weighted by molar-refractivity contribution is 6.30. The lowest BCUT2D eigenvalue weighted by Crippen LogP contribution is -2.08. The van der Waals surface area contributed by atoms with E-state index in [1.807, 2.05) is 13.8 Å². The summed E-state index contributed by atoms with van der Waals surface area (Å²) < 4.78 is 15.0. The third kappa shape index (κ3) is 2.37. The van der Waals surface area contributed by atoms with Crippen LogP contribution in [-0.4, -0.2) is 14.8 Å². The highest BCUT2D eigenvalue weighted by atomic mass is 35.5. The molecule has 0 amide bonds. The first-order chi connectivity index (χ1) is 8.52. The van der Waals surface area contributed by atoms with Crippen molar-refractivity contribution in [3.63, 3.8) is 0 Å². The molecule has 0 unspecified atom stereocenters. The Hall–Kier alpha value is -1.46. The molecule has 0 aliphatic carbocycles. The molecule has 6 heteroatoms. The molecule has 2 rings (SSSR count). The molecule has 0 spiro atoms. The average Bonchev–Trinajstić information content (AvgIpc) is 2.77. The minimum Gasteiger partial charge on any atom is -0.324 e. The standard InChI is InChI=1S/C12H14ClFN4/c1-7(2)12-16-11(6-15)18(17-12)8-3-4-9(13)10(14)5-8/h3-5,7H,6,15H2,1-2H3. The minimum atomic E-state index is -0.487. The van der Waals surface area contributed by atoms with Gasteiger partial charge in [-0.05, 0) is 12.1 Å². The van der Waals surface area contributed by atoms with Crippen LogP contribution in [-0.2, 0) is 6.54 Å². The third-order valence-corrected chi connectivity index (χ3v) is 2.84. The van der Waals surface area contributed by atoms with Crippen LogP contribution in [0.1, 0.15) is 31.4 Å². The van der Waals surface area contributed by atoms with Crippen LogP contribution in [0.4, 0.5) is 4.39 Å². The molecule has 4 nitrogen and oxygen atoms in total. The van der Waals surface area contributed by atoms with Crippen LogP contribution < -0.4 is 5.73 Å². The molecular formula is C12H14ClFN4. The van der Waals surface area contributed by atoms with E-state index in [2.05, 4.69) is 10.1 Å². The van der Waals surface area contributed by atoms with Gasteiger partial charge in [0.2, 0.25) is 0 Å². The molecule has 0 saturated heterocycles. The quantitative estimate of drug-likeness (QED) is 0.931. The van der Waals surface area contributed by atoms with Gasteiger partial charge >= 0.3 is 0 Å². The number of halogens is 2. The van der Waals surface area contributed by atoms with Gasteiger partial charge in [0.25, 0.3) is 0 Å². The lowest BCUT2D eigenvalue weighted by atomic mass is 10.2. The van der Waals surface area contributed by atoms with Crippen molar-refractivity contribution in [2.24, 2.45) is 5.73 Å². The summed E-state index contributed by atoms with van der Waals surface area (Å²) in [6.45, 7) is 4.22. The van der Waals surface area contributed by atoms with Crippen molar-refractivity contribution < 1.29 is 4.39 Å². The number of rotatable bonds is 3. The first-order valence-corrected chi connectivity index (χ1v) is 6.02. The summed E-state index contributed by atoms with van der Waals surface area (Å²) in [6, 6.07) is 4.49. The second-order valence-electron chi connectivity index (χ2n) is 4.26. The predicted molar refractivity (Wildman–Crippen MR) is 68.3 cm³/mol. The van der Waals surface area contributed by atoms with Gasteiger partial charge in [-0.1, -0.05) is 25.4 Å². The van der Waals surface area contributed by atoms with E-state index in [0.29, 0.717) is 17.3 Å². The second kappa shape index (κ2) is 5.04. The van der Waals surface area contributed by atoms with E-state index in [4.69, 9.17) is 17.3 Å². The molecule has 0 saturated carbocycles. The van der Waals surface area contributed by atoms with Gasteiger partial charge in [-0.25, -0.2) is 14.1 Å². The van der Waals surface area contributed by atoms with Crippen LogP contribution in [0.25, 0.3) is 5.69 Å². The average molecular weight is 269 g/mol. The van der Waals surface area contributed by atoms with Gasteiger partial charge in [0.15, 0.2) is 5.82 Å². The maximum Gasteiger partial charge on any atom is 0.153 e. The number of benzene rings is 1. The molecule has 0 aliphatic heterocycles. The molecule has 0 radical (unpaired) electrons. The predicted octanol–water partition coefficient (Wildman–Crippen LogP) is 2.64. The second-order valence-corrected chi connectivity index (χ2v) is 4.66. The molecule has 2 aromatic rings. The largest absolute Gasteiger partial charge is 0.324 e. The Morgan fingerprint density at radius 2 is 2.17 bits per heavy atom. The Bertz CT molecular complexity index is 565. The van der Waals surface area contributed by atoms with Gasteiger partial charge in [0.1, 0.15) is 11.6 Å². The van der Waals surface area contributed by atoms with Gasteiger partial charge in [-0.2, -0.15) is 5.10 Å². The van der Waals surface area contributed by atoms with Crippen LogP contribution in [0.5, 0.6) is 0 Å². The molecule has 0 bridgehead atoms. The molecule has 96 valence electrons. The molecule has 0 aliphatic rings. The van der Waals surface area contributed by atoms with Crippen molar-refractivity contribution in [2.45, 2.75) is 26.3 Å². The molecule has 0 fully saturated rings. The smallest absolute Gasteiger partial charge is 0.153 e. The summed E-state index contributed by atoms with van der Waals surface area (Å²) >= 11 is 5.65. The number of hydrogen-bond donors (Lipinski definition) is 1. The fourth-order valence-electron chi connectivity index (χ4n) is 1.56. The molecule has 18 heavy (non-hydrogen) atoms. The fraction of sp³-hybridized carbons (Fsp3) is 0.333. The Labute approximate surface area is 110 Å². The maximum absolute atomic E-state index is 13.4. The van der Waals surface area contributed by atoms with E-state index in [1.165, 1.54) is 12.1 Å². The zero-order valence-electron chi connectivity index (χ0n) is 10.2. The zero-order chi connectivity index (χ0) is 13.3. The van der Waals surface area contributed by atoms with Crippen molar-refractivity contribution in [1.82, 2.24) is 14.8 Å². The Morgan fingerprint density at radius 3 is 2.72 bits per heavy atom. The van der Waals surface area contributed by atoms with E-state index >= 15 is 0 Å². The van der Waals surface area contributed by atoms with Crippen LogP contribution in [0, 0.1) is 5.82 Å².